The Morgan fingerprint density at radius 1 is 1.10 bits per heavy atom. The molecule has 1 heterocycles. The minimum Gasteiger partial charge on any atom is -0.444 e. The Bertz CT molecular complexity index is 333. The Morgan fingerprint density at radius 3 is 2.25 bits per heavy atom. The molecule has 2 aliphatic rings. The lowest BCUT2D eigenvalue weighted by Gasteiger charge is -2.43. The molecule has 0 spiro atoms. The highest BCUT2D eigenvalue weighted by molar-refractivity contribution is 5.68. The Morgan fingerprint density at radius 2 is 1.70 bits per heavy atom. The average Bonchev–Trinajstić information content (AvgIpc) is 2.37. The minimum absolute atomic E-state index is 0.190. The van der Waals surface area contributed by atoms with Gasteiger partial charge in [0.05, 0.1) is 0 Å². The quantitative estimate of drug-likeness (QED) is 0.797. The zero-order chi connectivity index (χ0) is 14.8. The predicted molar refractivity (Wildman–Crippen MR) is 79.6 cm³/mol. The molecule has 116 valence electrons. The number of carbonyl (C=O) groups is 1. The van der Waals surface area contributed by atoms with Gasteiger partial charge in [-0.3, -0.25) is 4.90 Å². The van der Waals surface area contributed by atoms with Gasteiger partial charge in [-0.1, -0.05) is 12.8 Å². The number of hydrogen-bond donors (Lipinski definition) is 1. The summed E-state index contributed by atoms with van der Waals surface area (Å²) in [6, 6.07) is 0.807. The van der Waals surface area contributed by atoms with Crippen molar-refractivity contribution in [1.29, 1.82) is 0 Å². The highest BCUT2D eigenvalue weighted by Gasteiger charge is 2.32. The van der Waals surface area contributed by atoms with Crippen LogP contribution in [0.4, 0.5) is 4.79 Å². The number of carbonyl (C=O) groups excluding carboxylic acids is 1. The van der Waals surface area contributed by atoms with E-state index in [0.29, 0.717) is 12.1 Å². The van der Waals surface area contributed by atoms with E-state index in [0.717, 1.165) is 32.6 Å². The summed E-state index contributed by atoms with van der Waals surface area (Å²) in [4.78, 5) is 16.3. The van der Waals surface area contributed by atoms with Crippen molar-refractivity contribution < 1.29 is 9.53 Å². The van der Waals surface area contributed by atoms with Gasteiger partial charge in [-0.25, -0.2) is 4.79 Å². The third-order valence-corrected chi connectivity index (χ3v) is 4.22. The second kappa shape index (κ2) is 6.31. The third kappa shape index (κ3) is 4.09. The van der Waals surface area contributed by atoms with E-state index in [1.807, 2.05) is 25.7 Å². The zero-order valence-corrected chi connectivity index (χ0v) is 13.1. The van der Waals surface area contributed by atoms with E-state index in [1.165, 1.54) is 19.3 Å². The van der Waals surface area contributed by atoms with Gasteiger partial charge in [-0.05, 0) is 33.6 Å². The molecule has 5 nitrogen and oxygen atoms in total. The van der Waals surface area contributed by atoms with E-state index in [4.69, 9.17) is 10.5 Å². The molecule has 1 saturated heterocycles. The molecule has 2 fully saturated rings. The molecule has 0 aromatic heterocycles. The number of rotatable bonds is 1. The van der Waals surface area contributed by atoms with Gasteiger partial charge in [-0.15, -0.1) is 0 Å². The van der Waals surface area contributed by atoms with Gasteiger partial charge in [0.15, 0.2) is 0 Å². The molecule has 1 aliphatic carbocycles. The number of nitrogens with two attached hydrogens (primary N) is 1. The Kier molecular flexibility index (Phi) is 4.91. The molecule has 2 rings (SSSR count). The molecule has 0 aromatic carbocycles. The molecule has 20 heavy (non-hydrogen) atoms. The number of amides is 1. The van der Waals surface area contributed by atoms with Crippen molar-refractivity contribution in [1.82, 2.24) is 9.80 Å². The number of piperazine rings is 1. The highest BCUT2D eigenvalue weighted by Crippen LogP contribution is 2.23. The molecule has 1 amide bonds. The van der Waals surface area contributed by atoms with Crippen LogP contribution in [-0.2, 0) is 4.74 Å². The highest BCUT2D eigenvalue weighted by atomic mass is 16.6. The van der Waals surface area contributed by atoms with Crippen LogP contribution in [0.3, 0.4) is 0 Å². The largest absolute Gasteiger partial charge is 0.444 e. The van der Waals surface area contributed by atoms with Crippen LogP contribution in [-0.4, -0.2) is 59.8 Å². The summed E-state index contributed by atoms with van der Waals surface area (Å²) >= 11 is 0. The Hall–Kier alpha value is -0.810. The molecule has 2 atom stereocenters. The monoisotopic (exact) mass is 283 g/mol. The maximum absolute atomic E-state index is 12.0. The van der Waals surface area contributed by atoms with Crippen LogP contribution in [0.1, 0.15) is 46.5 Å². The summed E-state index contributed by atoms with van der Waals surface area (Å²) in [7, 11) is 0. The number of nitrogens with zero attached hydrogens (tertiary/aromatic N) is 2. The topological polar surface area (TPSA) is 58.8 Å². The average molecular weight is 283 g/mol. The van der Waals surface area contributed by atoms with Gasteiger partial charge in [0, 0.05) is 38.3 Å². The molecule has 0 bridgehead atoms. The van der Waals surface area contributed by atoms with Crippen molar-refractivity contribution in [3.05, 3.63) is 0 Å². The Labute approximate surface area is 122 Å². The summed E-state index contributed by atoms with van der Waals surface area (Å²) in [6.07, 6.45) is 4.69. The smallest absolute Gasteiger partial charge is 0.410 e. The van der Waals surface area contributed by atoms with E-state index in [2.05, 4.69) is 4.90 Å². The first-order valence-corrected chi connectivity index (χ1v) is 7.84. The van der Waals surface area contributed by atoms with Crippen molar-refractivity contribution >= 4 is 6.09 Å². The van der Waals surface area contributed by atoms with Gasteiger partial charge in [-0.2, -0.15) is 0 Å². The second-order valence-corrected chi connectivity index (χ2v) is 7.02. The van der Waals surface area contributed by atoms with Crippen LogP contribution < -0.4 is 5.73 Å². The van der Waals surface area contributed by atoms with Gasteiger partial charge in [0.25, 0.3) is 0 Å². The molecule has 0 unspecified atom stereocenters. The summed E-state index contributed by atoms with van der Waals surface area (Å²) in [6.45, 7) is 9.04. The van der Waals surface area contributed by atoms with Crippen LogP contribution in [0, 0.1) is 0 Å². The molecule has 1 aliphatic heterocycles. The molecule has 5 heteroatoms. The molecule has 1 saturated carbocycles. The van der Waals surface area contributed by atoms with Crippen LogP contribution in [0.15, 0.2) is 0 Å². The minimum atomic E-state index is -0.417. The fraction of sp³-hybridized carbons (Fsp3) is 0.933. The van der Waals surface area contributed by atoms with E-state index < -0.39 is 5.60 Å². The van der Waals surface area contributed by atoms with Crippen LogP contribution in [0.25, 0.3) is 0 Å². The van der Waals surface area contributed by atoms with Crippen LogP contribution in [0.5, 0.6) is 0 Å². The predicted octanol–water partition coefficient (Wildman–Crippen LogP) is 1.81. The maximum Gasteiger partial charge on any atom is 0.410 e. The second-order valence-electron chi connectivity index (χ2n) is 7.02. The molecule has 2 N–H and O–H groups in total. The van der Waals surface area contributed by atoms with Crippen molar-refractivity contribution in [2.75, 3.05) is 26.2 Å². The van der Waals surface area contributed by atoms with Gasteiger partial charge in [0.2, 0.25) is 0 Å². The summed E-state index contributed by atoms with van der Waals surface area (Å²) in [5.41, 5.74) is 5.82. The van der Waals surface area contributed by atoms with Crippen molar-refractivity contribution in [2.45, 2.75) is 64.1 Å². The standard InChI is InChI=1S/C15H29N3O2/c1-15(2,3)20-14(19)18-10-8-17(9-11-18)13-7-5-4-6-12(13)16/h12-13H,4-11,16H2,1-3H3/t12-,13-/m0/s1. The lowest BCUT2D eigenvalue weighted by atomic mass is 9.89. The van der Waals surface area contributed by atoms with Crippen molar-refractivity contribution in [2.24, 2.45) is 5.73 Å². The van der Waals surface area contributed by atoms with E-state index in [1.54, 1.807) is 0 Å². The third-order valence-electron chi connectivity index (χ3n) is 4.22. The maximum atomic E-state index is 12.0. The van der Waals surface area contributed by atoms with E-state index in [9.17, 15) is 4.79 Å². The lowest BCUT2D eigenvalue weighted by Crippen LogP contribution is -2.57. The molecular weight excluding hydrogens is 254 g/mol. The van der Waals surface area contributed by atoms with E-state index in [-0.39, 0.29) is 6.09 Å². The molecular formula is C15H29N3O2. The first-order chi connectivity index (χ1) is 9.37. The first kappa shape index (κ1) is 15.6. The molecule has 0 radical (unpaired) electrons. The van der Waals surface area contributed by atoms with Crippen LogP contribution in [0.2, 0.25) is 0 Å². The molecule has 0 aromatic rings. The first-order valence-electron chi connectivity index (χ1n) is 7.84. The zero-order valence-electron chi connectivity index (χ0n) is 13.1. The number of ether oxygens (including phenoxy) is 1. The fourth-order valence-electron chi connectivity index (χ4n) is 3.16. The lowest BCUT2D eigenvalue weighted by molar-refractivity contribution is 0.00686. The van der Waals surface area contributed by atoms with Crippen LogP contribution >= 0.6 is 0 Å². The normalized spacial score (nSPS) is 29.3. The SMILES string of the molecule is CC(C)(C)OC(=O)N1CCN([C@H]2CCCC[C@@H]2N)CC1. The van der Waals surface area contributed by atoms with Crippen molar-refractivity contribution in [3.63, 3.8) is 0 Å². The fourth-order valence-corrected chi connectivity index (χ4v) is 3.16. The summed E-state index contributed by atoms with van der Waals surface area (Å²) in [5.74, 6) is 0. The van der Waals surface area contributed by atoms with Gasteiger partial charge < -0.3 is 15.4 Å². The van der Waals surface area contributed by atoms with E-state index >= 15 is 0 Å². The van der Waals surface area contributed by atoms with Gasteiger partial charge >= 0.3 is 6.09 Å². The summed E-state index contributed by atoms with van der Waals surface area (Å²) < 4.78 is 5.42. The van der Waals surface area contributed by atoms with Gasteiger partial charge in [0.1, 0.15) is 5.60 Å². The Balaban J connectivity index is 1.81. The summed E-state index contributed by atoms with van der Waals surface area (Å²) in [5, 5.41) is 0. The van der Waals surface area contributed by atoms with Crippen molar-refractivity contribution in [3.8, 4) is 0 Å². The number of hydrogen-bond acceptors (Lipinski definition) is 4.